The summed E-state index contributed by atoms with van der Waals surface area (Å²) in [5, 5.41) is 3.35. The zero-order valence-corrected chi connectivity index (χ0v) is 12.2. The first-order valence-electron chi connectivity index (χ1n) is 7.43. The van der Waals surface area contributed by atoms with Crippen LogP contribution in [0.5, 0.6) is 0 Å². The van der Waals surface area contributed by atoms with E-state index < -0.39 is 0 Å². The molecule has 0 bridgehead atoms. The Hall–Kier alpha value is -1.36. The van der Waals surface area contributed by atoms with Crippen molar-refractivity contribution in [2.45, 2.75) is 33.1 Å². The molecule has 0 radical (unpaired) electrons. The maximum absolute atomic E-state index is 12.9. The number of piperidine rings is 1. The lowest BCUT2D eigenvalue weighted by molar-refractivity contribution is -0.138. The molecule has 110 valence electrons. The highest BCUT2D eigenvalue weighted by molar-refractivity contribution is 5.94. The molecule has 5 nitrogen and oxygen atoms in total. The molecule has 5 heteroatoms. The number of rotatable bonds is 2. The number of nitrogens with zero attached hydrogens (tertiary/aromatic N) is 1. The van der Waals surface area contributed by atoms with E-state index in [1.807, 2.05) is 0 Å². The molecule has 0 aromatic rings. The van der Waals surface area contributed by atoms with Crippen LogP contribution < -0.4 is 5.32 Å². The van der Waals surface area contributed by atoms with E-state index in [1.54, 1.807) is 11.8 Å². The van der Waals surface area contributed by atoms with E-state index in [-0.39, 0.29) is 23.9 Å². The van der Waals surface area contributed by atoms with E-state index in [0.717, 1.165) is 38.0 Å². The third-order valence-corrected chi connectivity index (χ3v) is 5.23. The molecule has 0 aromatic carbocycles. The number of ether oxygens (including phenoxy) is 1. The Morgan fingerprint density at radius 2 is 2.00 bits per heavy atom. The number of esters is 1. The molecule has 2 saturated heterocycles. The smallest absolute Gasteiger partial charge is 0.336 e. The first kappa shape index (κ1) is 13.6. The Kier molecular flexibility index (Phi) is 3.32. The number of nitrogens with one attached hydrogen (secondary N) is 1. The maximum Gasteiger partial charge on any atom is 0.336 e. The third-order valence-electron chi connectivity index (χ3n) is 5.23. The third kappa shape index (κ3) is 1.95. The molecule has 3 heterocycles. The number of hydrogen-bond donors (Lipinski definition) is 1. The first-order valence-corrected chi connectivity index (χ1v) is 7.43. The van der Waals surface area contributed by atoms with Gasteiger partial charge in [0.05, 0.1) is 16.7 Å². The van der Waals surface area contributed by atoms with Crippen molar-refractivity contribution in [3.05, 3.63) is 11.3 Å². The van der Waals surface area contributed by atoms with E-state index in [4.69, 9.17) is 4.74 Å². The van der Waals surface area contributed by atoms with Crippen molar-refractivity contribution in [3.63, 3.8) is 0 Å². The summed E-state index contributed by atoms with van der Waals surface area (Å²) in [6.45, 7) is 6.80. The van der Waals surface area contributed by atoms with Crippen molar-refractivity contribution in [2.75, 3.05) is 26.2 Å². The highest BCUT2D eigenvalue weighted by Crippen LogP contribution is 2.44. The van der Waals surface area contributed by atoms with Crippen molar-refractivity contribution in [3.8, 4) is 0 Å². The first-order chi connectivity index (χ1) is 9.54. The number of likely N-dealkylation sites (tertiary alicyclic amines) is 1. The average Bonchev–Trinajstić information content (AvgIpc) is 2.95. The van der Waals surface area contributed by atoms with Gasteiger partial charge in [-0.15, -0.1) is 0 Å². The monoisotopic (exact) mass is 278 g/mol. The zero-order chi connectivity index (χ0) is 14.3. The van der Waals surface area contributed by atoms with Gasteiger partial charge in [-0.1, -0.05) is 6.92 Å². The molecule has 1 atom stereocenters. The van der Waals surface area contributed by atoms with Crippen LogP contribution in [0, 0.1) is 11.3 Å². The van der Waals surface area contributed by atoms with Crippen molar-refractivity contribution in [1.82, 2.24) is 10.2 Å². The van der Waals surface area contributed by atoms with Gasteiger partial charge in [0.2, 0.25) is 5.91 Å². The molecule has 1 N–H and O–H groups in total. The second-order valence-corrected chi connectivity index (χ2v) is 6.30. The van der Waals surface area contributed by atoms with Gasteiger partial charge in [-0.25, -0.2) is 4.79 Å². The van der Waals surface area contributed by atoms with Gasteiger partial charge in [-0.3, -0.25) is 4.79 Å². The summed E-state index contributed by atoms with van der Waals surface area (Å²) in [6, 6.07) is 0. The van der Waals surface area contributed by atoms with Crippen LogP contribution in [0.2, 0.25) is 0 Å². The summed E-state index contributed by atoms with van der Waals surface area (Å²) in [5.74, 6) is 0.334. The second kappa shape index (κ2) is 4.88. The number of carbonyl (C=O) groups excluding carboxylic acids is 2. The van der Waals surface area contributed by atoms with Crippen LogP contribution in [0.15, 0.2) is 11.3 Å². The molecule has 2 fully saturated rings. The maximum atomic E-state index is 12.9. The number of carbonyl (C=O) groups is 2. The molecule has 3 aliphatic heterocycles. The van der Waals surface area contributed by atoms with Crippen LogP contribution in [-0.2, 0) is 14.3 Å². The van der Waals surface area contributed by atoms with Gasteiger partial charge < -0.3 is 15.0 Å². The largest absolute Gasteiger partial charge is 0.456 e. The molecule has 0 unspecified atom stereocenters. The Morgan fingerprint density at radius 1 is 1.30 bits per heavy atom. The molecule has 3 aliphatic rings. The van der Waals surface area contributed by atoms with Crippen LogP contribution in [0.25, 0.3) is 0 Å². The predicted octanol–water partition coefficient (Wildman–Crippen LogP) is 1.06. The molecule has 3 rings (SSSR count). The summed E-state index contributed by atoms with van der Waals surface area (Å²) in [5.41, 5.74) is 1.09. The van der Waals surface area contributed by atoms with Crippen LogP contribution in [0.1, 0.15) is 33.1 Å². The van der Waals surface area contributed by atoms with Gasteiger partial charge in [-0.2, -0.15) is 0 Å². The summed E-state index contributed by atoms with van der Waals surface area (Å²) in [7, 11) is 0. The lowest BCUT2D eigenvalue weighted by Crippen LogP contribution is -2.42. The average molecular weight is 278 g/mol. The summed E-state index contributed by atoms with van der Waals surface area (Å²) >= 11 is 0. The van der Waals surface area contributed by atoms with Gasteiger partial charge in [0.1, 0.15) is 6.61 Å². The predicted molar refractivity (Wildman–Crippen MR) is 73.7 cm³/mol. The van der Waals surface area contributed by atoms with Gasteiger partial charge in [0.15, 0.2) is 0 Å². The molecule has 20 heavy (non-hydrogen) atoms. The quantitative estimate of drug-likeness (QED) is 0.767. The van der Waals surface area contributed by atoms with Crippen LogP contribution >= 0.6 is 0 Å². The number of hydrogen-bond acceptors (Lipinski definition) is 4. The van der Waals surface area contributed by atoms with Gasteiger partial charge in [0.25, 0.3) is 0 Å². The van der Waals surface area contributed by atoms with Crippen molar-refractivity contribution in [1.29, 1.82) is 0 Å². The van der Waals surface area contributed by atoms with Crippen molar-refractivity contribution < 1.29 is 14.3 Å². The lowest BCUT2D eigenvalue weighted by atomic mass is 9.71. The summed E-state index contributed by atoms with van der Waals surface area (Å²) < 4.78 is 5.04. The topological polar surface area (TPSA) is 58.6 Å². The SMILES string of the molecule is CC1=C(N2CC[C@@](C)(C3CCNCC3)C2=O)COC1=O. The Balaban J connectivity index is 1.82. The molecule has 0 spiro atoms. The minimum absolute atomic E-state index is 0.178. The van der Waals surface area contributed by atoms with Crippen LogP contribution in [0.4, 0.5) is 0 Å². The Labute approximate surface area is 119 Å². The highest BCUT2D eigenvalue weighted by atomic mass is 16.5. The standard InChI is InChI=1S/C15H22N2O3/c1-10-12(9-20-13(10)18)17-8-5-15(2,14(17)19)11-3-6-16-7-4-11/h11,16H,3-9H2,1-2H3/t15-/m0/s1. The number of cyclic esters (lactones) is 1. The van der Waals surface area contributed by atoms with Gasteiger partial charge in [0, 0.05) is 6.54 Å². The minimum Gasteiger partial charge on any atom is -0.456 e. The fraction of sp³-hybridized carbons (Fsp3) is 0.733. The Bertz CT molecular complexity index is 480. The van der Waals surface area contributed by atoms with E-state index in [2.05, 4.69) is 12.2 Å². The fourth-order valence-corrected chi connectivity index (χ4v) is 3.70. The summed E-state index contributed by atoms with van der Waals surface area (Å²) in [6.07, 6.45) is 2.99. The fourth-order valence-electron chi connectivity index (χ4n) is 3.70. The molecular formula is C15H22N2O3. The molecule has 0 aliphatic carbocycles. The lowest BCUT2D eigenvalue weighted by Gasteiger charge is -2.35. The minimum atomic E-state index is -0.289. The molecule has 0 saturated carbocycles. The zero-order valence-electron chi connectivity index (χ0n) is 12.2. The van der Waals surface area contributed by atoms with E-state index in [9.17, 15) is 9.59 Å². The van der Waals surface area contributed by atoms with Crippen LogP contribution in [-0.4, -0.2) is 43.0 Å². The van der Waals surface area contributed by atoms with Crippen LogP contribution in [0.3, 0.4) is 0 Å². The van der Waals surface area contributed by atoms with Crippen molar-refractivity contribution >= 4 is 11.9 Å². The molecule has 1 amide bonds. The summed E-state index contributed by atoms with van der Waals surface area (Å²) in [4.78, 5) is 26.1. The van der Waals surface area contributed by atoms with E-state index >= 15 is 0 Å². The second-order valence-electron chi connectivity index (χ2n) is 6.30. The molecular weight excluding hydrogens is 256 g/mol. The normalized spacial score (nSPS) is 32.2. The van der Waals surface area contributed by atoms with Crippen molar-refractivity contribution in [2.24, 2.45) is 11.3 Å². The van der Waals surface area contributed by atoms with Gasteiger partial charge in [-0.05, 0) is 45.2 Å². The molecule has 0 aromatic heterocycles. The highest BCUT2D eigenvalue weighted by Gasteiger charge is 2.50. The van der Waals surface area contributed by atoms with E-state index in [1.165, 1.54) is 0 Å². The van der Waals surface area contributed by atoms with E-state index in [0.29, 0.717) is 18.0 Å². The number of amides is 1. The van der Waals surface area contributed by atoms with Gasteiger partial charge >= 0.3 is 5.97 Å². The Morgan fingerprint density at radius 3 is 2.60 bits per heavy atom.